The van der Waals surface area contributed by atoms with Crippen LogP contribution in [0.4, 0.5) is 0 Å². The van der Waals surface area contributed by atoms with Crippen LogP contribution in [0.25, 0.3) is 0 Å². The van der Waals surface area contributed by atoms with Crippen LogP contribution in [0.3, 0.4) is 0 Å². The van der Waals surface area contributed by atoms with Gasteiger partial charge in [0.25, 0.3) is 0 Å². The van der Waals surface area contributed by atoms with Crippen molar-refractivity contribution in [1.29, 1.82) is 0 Å². The topological polar surface area (TPSA) is 91.8 Å². The minimum absolute atomic E-state index is 0.198. The molecule has 5 atom stereocenters. The minimum atomic E-state index is -1.31. The van der Waals surface area contributed by atoms with Crippen molar-refractivity contribution >= 4 is 11.9 Å². The third kappa shape index (κ3) is 5.19. The molecular weight excluding hydrogens is 717 g/mol. The van der Waals surface area contributed by atoms with E-state index in [2.05, 4.69) is 16.9 Å². The molecule has 0 spiro atoms. The van der Waals surface area contributed by atoms with Gasteiger partial charge >= 0.3 is 228 Å². The molecule has 2 bridgehead atoms. The Bertz CT molecular complexity index is 1290. The summed E-state index contributed by atoms with van der Waals surface area (Å²) in [6, 6.07) is 19.9. The van der Waals surface area contributed by atoms with Crippen LogP contribution in [0.15, 0.2) is 76.4 Å². The zero-order chi connectivity index (χ0) is 25.1. The summed E-state index contributed by atoms with van der Waals surface area (Å²) in [5, 5.41) is 0. The first-order valence-corrected chi connectivity index (χ1v) is 27.8. The predicted molar refractivity (Wildman–Crippen MR) is 132 cm³/mol. The van der Waals surface area contributed by atoms with Gasteiger partial charge in [0.2, 0.25) is 0 Å². The van der Waals surface area contributed by atoms with Gasteiger partial charge in [-0.3, -0.25) is 0 Å². The van der Waals surface area contributed by atoms with Gasteiger partial charge in [-0.05, 0) is 0 Å². The molecule has 186 valence electrons. The Morgan fingerprint density at radius 2 is 1.72 bits per heavy atom. The number of nitrogens with one attached hydrogen (secondary N) is 1. The Kier molecular flexibility index (Phi) is 8.24. The monoisotopic (exact) mass is 744 g/mol. The van der Waals surface area contributed by atoms with Crippen LogP contribution in [0.1, 0.15) is 22.9 Å². The Hall–Kier alpha value is -1.62. The molecule has 0 unspecified atom stereocenters. The van der Waals surface area contributed by atoms with Crippen LogP contribution in [-0.4, -0.2) is 40.1 Å². The molecule has 1 N–H and O–H groups in total. The van der Waals surface area contributed by atoms with E-state index < -0.39 is 57.4 Å². The van der Waals surface area contributed by atoms with Crippen molar-refractivity contribution in [3.63, 3.8) is 0 Å². The fraction of sp³-hybridized carbons (Fsp3) is 0.385. The predicted octanol–water partition coefficient (Wildman–Crippen LogP) is 3.49. The van der Waals surface area contributed by atoms with E-state index >= 15 is 0 Å². The Labute approximate surface area is 226 Å². The zero-order valence-electron chi connectivity index (χ0n) is 20.0. The standard InChI is InChI=1S/C26H27N2O6.BrH.Hg/c1-17-13-28(25(30)27-23(17)29)24-21-22(32-15-20-11-7-4-8-12-20)26(34-24,18(2)33-21)16-31-14-19-9-5-3-6-10-19;;/h3-13,18,21-22,24H,2,14-16H2,1H3,(H,27,29,30);1H;/q;;+1/p-1/t18-,21-,22+,24-,26+;;/m1../s1. The van der Waals surface area contributed by atoms with Crippen LogP contribution >= 0.6 is 11.9 Å². The SMILES string of the molecule is Cc1cn([C@@H]2O[C@@]3(COCc4ccccc4)[C@@H]([CH2][Hg][Br])O[C@@H]2[C@@H]3OCc2ccccc2)c(=O)[nH]c1=O. The first kappa shape index (κ1) is 26.0. The van der Waals surface area contributed by atoms with E-state index in [9.17, 15) is 9.59 Å². The number of ether oxygens (including phenoxy) is 4. The van der Waals surface area contributed by atoms with Gasteiger partial charge in [-0.2, -0.15) is 0 Å². The van der Waals surface area contributed by atoms with Gasteiger partial charge < -0.3 is 0 Å². The molecule has 5 rings (SSSR count). The van der Waals surface area contributed by atoms with Crippen molar-refractivity contribution < 1.29 is 41.1 Å². The molecule has 0 saturated carbocycles. The fourth-order valence-electron chi connectivity index (χ4n) is 5.00. The third-order valence-electron chi connectivity index (χ3n) is 6.77. The van der Waals surface area contributed by atoms with Crippen LogP contribution in [0.2, 0.25) is 3.93 Å². The second kappa shape index (κ2) is 11.4. The van der Waals surface area contributed by atoms with Gasteiger partial charge in [-0.1, -0.05) is 0 Å². The molecule has 36 heavy (non-hydrogen) atoms. The van der Waals surface area contributed by atoms with Gasteiger partial charge in [0.05, 0.1) is 0 Å². The third-order valence-corrected chi connectivity index (χ3v) is 13.7. The van der Waals surface area contributed by atoms with Crippen LogP contribution < -0.4 is 11.2 Å². The maximum absolute atomic E-state index is 12.8. The summed E-state index contributed by atoms with van der Waals surface area (Å²) in [7, 11) is 0. The summed E-state index contributed by atoms with van der Waals surface area (Å²) in [4.78, 5) is 27.1. The van der Waals surface area contributed by atoms with Crippen molar-refractivity contribution in [2.45, 2.75) is 54.2 Å². The molecule has 1 aromatic heterocycles. The number of benzene rings is 2. The number of rotatable bonds is 10. The summed E-state index contributed by atoms with van der Waals surface area (Å²) in [6.07, 6.45) is -0.375. The first-order chi connectivity index (χ1) is 17.5. The number of aromatic nitrogens is 2. The number of nitrogens with zero attached hydrogens (tertiary/aromatic N) is 1. The molecular formula is C26H27BrHgN2O6. The molecule has 0 radical (unpaired) electrons. The number of fused-ring (bicyclic) bond motifs is 2. The summed E-state index contributed by atoms with van der Waals surface area (Å²) in [6.45, 7) is 2.73. The molecule has 2 aliphatic rings. The maximum atomic E-state index is 12.8. The van der Waals surface area contributed by atoms with E-state index in [-0.39, 0.29) is 12.7 Å². The normalized spacial score (nSPS) is 26.7. The van der Waals surface area contributed by atoms with Crippen molar-refractivity contribution in [3.05, 3.63) is 104 Å². The van der Waals surface area contributed by atoms with Crippen LogP contribution in [0.5, 0.6) is 0 Å². The summed E-state index contributed by atoms with van der Waals surface area (Å²) >= 11 is 2.44. The molecule has 2 fully saturated rings. The molecule has 3 aromatic rings. The van der Waals surface area contributed by atoms with Crippen molar-refractivity contribution in [1.82, 2.24) is 9.55 Å². The first-order valence-electron chi connectivity index (χ1n) is 12.0. The van der Waals surface area contributed by atoms with Gasteiger partial charge in [0.15, 0.2) is 0 Å². The van der Waals surface area contributed by atoms with Crippen molar-refractivity contribution in [2.75, 3.05) is 6.61 Å². The summed E-state index contributed by atoms with van der Waals surface area (Å²) in [5.74, 6) is 0. The Morgan fingerprint density at radius 1 is 1.06 bits per heavy atom. The van der Waals surface area contributed by atoms with Crippen LogP contribution in [0, 0.1) is 6.92 Å². The molecule has 0 amide bonds. The molecule has 10 heteroatoms. The number of halogens is 1. The summed E-state index contributed by atoms with van der Waals surface area (Å²) < 4.78 is 28.3. The van der Waals surface area contributed by atoms with E-state index in [1.165, 1.54) is 10.8 Å². The second-order valence-corrected chi connectivity index (χ2v) is 19.9. The molecule has 0 aliphatic carbocycles. The quantitative estimate of drug-likeness (QED) is 0.320. The number of hydrogen-bond acceptors (Lipinski definition) is 6. The zero-order valence-corrected chi connectivity index (χ0v) is 27.1. The van der Waals surface area contributed by atoms with Crippen molar-refractivity contribution in [3.8, 4) is 0 Å². The summed E-state index contributed by atoms with van der Waals surface area (Å²) in [5.41, 5.74) is 0.692. The molecule has 3 heterocycles. The molecule has 2 aromatic carbocycles. The number of H-pyrrole nitrogens is 1. The average molecular weight is 744 g/mol. The number of aromatic amines is 1. The molecule has 8 nitrogen and oxygen atoms in total. The van der Waals surface area contributed by atoms with Gasteiger partial charge in [0, 0.05) is 0 Å². The molecule has 2 saturated heterocycles. The number of aryl methyl sites for hydroxylation is 1. The van der Waals surface area contributed by atoms with Gasteiger partial charge in [-0.25, -0.2) is 0 Å². The average Bonchev–Trinajstić information content (AvgIpc) is 3.35. The van der Waals surface area contributed by atoms with Gasteiger partial charge in [-0.15, -0.1) is 0 Å². The fourth-order valence-corrected chi connectivity index (χ4v) is 11.8. The van der Waals surface area contributed by atoms with Gasteiger partial charge in [0.1, 0.15) is 0 Å². The van der Waals surface area contributed by atoms with E-state index in [0.717, 1.165) is 15.1 Å². The van der Waals surface area contributed by atoms with E-state index in [0.29, 0.717) is 18.8 Å². The number of hydrogen-bond donors (Lipinski definition) is 1. The van der Waals surface area contributed by atoms with E-state index in [1.54, 1.807) is 6.92 Å². The van der Waals surface area contributed by atoms with Crippen molar-refractivity contribution in [2.24, 2.45) is 0 Å². The Balaban J connectivity index is 1.46. The Morgan fingerprint density at radius 3 is 2.39 bits per heavy atom. The van der Waals surface area contributed by atoms with E-state index in [1.807, 2.05) is 60.7 Å². The molecule has 2 aliphatic heterocycles. The van der Waals surface area contributed by atoms with Crippen LogP contribution in [-0.2, 0) is 54.3 Å². The second-order valence-electron chi connectivity index (χ2n) is 9.20. The van der Waals surface area contributed by atoms with E-state index in [4.69, 9.17) is 18.9 Å².